The lowest BCUT2D eigenvalue weighted by molar-refractivity contribution is -0.117. The third-order valence-electron chi connectivity index (χ3n) is 3.08. The SMILES string of the molecule is COc1ccc(-c2nnc(NC(=O)C3CC3)s2)cc1N. The molecule has 1 fully saturated rings. The third kappa shape index (κ3) is 2.57. The number of benzene rings is 1. The molecular formula is C13H14N4O2S. The summed E-state index contributed by atoms with van der Waals surface area (Å²) in [6, 6.07) is 5.43. The van der Waals surface area contributed by atoms with E-state index in [2.05, 4.69) is 15.5 Å². The first kappa shape index (κ1) is 12.9. The number of nitrogens with two attached hydrogens (primary N) is 1. The Balaban J connectivity index is 1.78. The van der Waals surface area contributed by atoms with E-state index in [-0.39, 0.29) is 11.8 Å². The van der Waals surface area contributed by atoms with Crippen LogP contribution in [0.15, 0.2) is 18.2 Å². The minimum Gasteiger partial charge on any atom is -0.495 e. The summed E-state index contributed by atoms with van der Waals surface area (Å²) >= 11 is 1.33. The van der Waals surface area contributed by atoms with Crippen LogP contribution in [0.3, 0.4) is 0 Å². The molecule has 1 aliphatic carbocycles. The second-order valence-electron chi connectivity index (χ2n) is 4.63. The molecule has 3 rings (SSSR count). The lowest BCUT2D eigenvalue weighted by Gasteiger charge is -2.04. The van der Waals surface area contributed by atoms with E-state index >= 15 is 0 Å². The van der Waals surface area contributed by atoms with Gasteiger partial charge in [-0.15, -0.1) is 10.2 Å². The first-order valence-corrected chi connectivity index (χ1v) is 7.07. The number of nitrogens with one attached hydrogen (secondary N) is 1. The van der Waals surface area contributed by atoms with E-state index in [1.165, 1.54) is 11.3 Å². The molecule has 1 saturated carbocycles. The number of carbonyl (C=O) groups excluding carboxylic acids is 1. The normalized spacial score (nSPS) is 14.1. The van der Waals surface area contributed by atoms with E-state index in [0.29, 0.717) is 21.6 Å². The number of aromatic nitrogens is 2. The number of hydrogen-bond donors (Lipinski definition) is 2. The van der Waals surface area contributed by atoms with Crippen LogP contribution in [0.2, 0.25) is 0 Å². The Morgan fingerprint density at radius 3 is 2.90 bits per heavy atom. The second kappa shape index (κ2) is 5.09. The van der Waals surface area contributed by atoms with Crippen LogP contribution in [-0.4, -0.2) is 23.2 Å². The fourth-order valence-corrected chi connectivity index (χ4v) is 2.55. The molecule has 1 aromatic carbocycles. The quantitative estimate of drug-likeness (QED) is 0.842. The van der Waals surface area contributed by atoms with Crippen LogP contribution in [0.5, 0.6) is 5.75 Å². The summed E-state index contributed by atoms with van der Waals surface area (Å²) in [4.78, 5) is 11.6. The van der Waals surface area contributed by atoms with Crippen molar-refractivity contribution in [1.82, 2.24) is 10.2 Å². The molecule has 1 heterocycles. The molecule has 20 heavy (non-hydrogen) atoms. The Morgan fingerprint density at radius 1 is 1.45 bits per heavy atom. The number of methoxy groups -OCH3 is 1. The molecular weight excluding hydrogens is 276 g/mol. The first-order valence-electron chi connectivity index (χ1n) is 6.25. The van der Waals surface area contributed by atoms with Crippen molar-refractivity contribution in [2.24, 2.45) is 5.92 Å². The van der Waals surface area contributed by atoms with Crippen LogP contribution < -0.4 is 15.8 Å². The van der Waals surface area contributed by atoms with Crippen molar-refractivity contribution in [2.45, 2.75) is 12.8 Å². The number of carbonyl (C=O) groups is 1. The molecule has 7 heteroatoms. The van der Waals surface area contributed by atoms with Gasteiger partial charge < -0.3 is 15.8 Å². The van der Waals surface area contributed by atoms with Gasteiger partial charge in [0.15, 0.2) is 0 Å². The summed E-state index contributed by atoms with van der Waals surface area (Å²) in [5, 5.41) is 12.1. The van der Waals surface area contributed by atoms with Crippen molar-refractivity contribution in [1.29, 1.82) is 0 Å². The van der Waals surface area contributed by atoms with E-state index in [9.17, 15) is 4.79 Å². The monoisotopic (exact) mass is 290 g/mol. The Labute approximate surface area is 120 Å². The Hall–Kier alpha value is -2.15. The van der Waals surface area contributed by atoms with Crippen LogP contribution in [-0.2, 0) is 4.79 Å². The molecule has 0 saturated heterocycles. The smallest absolute Gasteiger partial charge is 0.229 e. The van der Waals surface area contributed by atoms with Crippen LogP contribution in [0.25, 0.3) is 10.6 Å². The molecule has 0 bridgehead atoms. The Bertz CT molecular complexity index is 652. The molecule has 1 aromatic heterocycles. The molecule has 0 aliphatic heterocycles. The van der Waals surface area contributed by atoms with Gasteiger partial charge in [0.25, 0.3) is 0 Å². The van der Waals surface area contributed by atoms with Gasteiger partial charge in [0, 0.05) is 11.5 Å². The van der Waals surface area contributed by atoms with Crippen molar-refractivity contribution in [3.8, 4) is 16.3 Å². The highest BCUT2D eigenvalue weighted by Gasteiger charge is 2.30. The lowest BCUT2D eigenvalue weighted by Crippen LogP contribution is -2.12. The molecule has 0 radical (unpaired) electrons. The largest absolute Gasteiger partial charge is 0.495 e. The minimum atomic E-state index is 0.0296. The van der Waals surface area contributed by atoms with Crippen molar-refractivity contribution in [3.63, 3.8) is 0 Å². The van der Waals surface area contributed by atoms with E-state index < -0.39 is 0 Å². The van der Waals surface area contributed by atoms with E-state index in [0.717, 1.165) is 18.4 Å². The topological polar surface area (TPSA) is 90.1 Å². The summed E-state index contributed by atoms with van der Waals surface area (Å²) in [5.74, 6) is 0.807. The highest BCUT2D eigenvalue weighted by molar-refractivity contribution is 7.18. The predicted molar refractivity (Wildman–Crippen MR) is 77.7 cm³/mol. The fraction of sp³-hybridized carbons (Fsp3) is 0.308. The van der Waals surface area contributed by atoms with Gasteiger partial charge in [0.1, 0.15) is 10.8 Å². The van der Waals surface area contributed by atoms with Gasteiger partial charge in [-0.25, -0.2) is 0 Å². The third-order valence-corrected chi connectivity index (χ3v) is 3.97. The maximum atomic E-state index is 11.6. The average molecular weight is 290 g/mol. The second-order valence-corrected chi connectivity index (χ2v) is 5.61. The minimum absolute atomic E-state index is 0.0296. The van der Waals surface area contributed by atoms with Crippen LogP contribution in [0.1, 0.15) is 12.8 Å². The van der Waals surface area contributed by atoms with E-state index in [1.54, 1.807) is 19.2 Å². The number of hydrogen-bond acceptors (Lipinski definition) is 6. The summed E-state index contributed by atoms with van der Waals surface area (Å²) in [7, 11) is 1.57. The fourth-order valence-electron chi connectivity index (χ4n) is 1.81. The Morgan fingerprint density at radius 2 is 2.25 bits per heavy atom. The zero-order valence-electron chi connectivity index (χ0n) is 10.9. The van der Waals surface area contributed by atoms with Crippen molar-refractivity contribution in [2.75, 3.05) is 18.2 Å². The summed E-state index contributed by atoms with van der Waals surface area (Å²) in [6.07, 6.45) is 1.93. The van der Waals surface area contributed by atoms with Gasteiger partial charge in [-0.2, -0.15) is 0 Å². The molecule has 3 N–H and O–H groups in total. The zero-order valence-corrected chi connectivity index (χ0v) is 11.7. The summed E-state index contributed by atoms with van der Waals surface area (Å²) in [5.41, 5.74) is 7.27. The number of rotatable bonds is 4. The predicted octanol–water partition coefficient (Wildman–Crippen LogP) is 2.14. The Kier molecular flexibility index (Phi) is 3.27. The highest BCUT2D eigenvalue weighted by Crippen LogP contribution is 2.33. The number of anilines is 2. The number of nitrogen functional groups attached to an aromatic ring is 1. The molecule has 0 spiro atoms. The van der Waals surface area contributed by atoms with Gasteiger partial charge in [0.2, 0.25) is 11.0 Å². The highest BCUT2D eigenvalue weighted by atomic mass is 32.1. The van der Waals surface area contributed by atoms with Crippen molar-refractivity contribution in [3.05, 3.63) is 18.2 Å². The zero-order chi connectivity index (χ0) is 14.1. The van der Waals surface area contributed by atoms with Gasteiger partial charge >= 0.3 is 0 Å². The van der Waals surface area contributed by atoms with E-state index in [1.807, 2.05) is 6.07 Å². The van der Waals surface area contributed by atoms with Crippen LogP contribution >= 0.6 is 11.3 Å². The molecule has 2 aromatic rings. The molecule has 104 valence electrons. The van der Waals surface area contributed by atoms with Gasteiger partial charge in [-0.3, -0.25) is 4.79 Å². The molecule has 1 amide bonds. The average Bonchev–Trinajstić information content (AvgIpc) is 3.19. The van der Waals surface area contributed by atoms with Crippen molar-refractivity contribution >= 4 is 28.1 Å². The van der Waals surface area contributed by atoms with E-state index in [4.69, 9.17) is 10.5 Å². The molecule has 1 aliphatic rings. The maximum absolute atomic E-state index is 11.6. The lowest BCUT2D eigenvalue weighted by atomic mass is 10.2. The molecule has 0 unspecified atom stereocenters. The van der Waals surface area contributed by atoms with Crippen molar-refractivity contribution < 1.29 is 9.53 Å². The van der Waals surface area contributed by atoms with Crippen LogP contribution in [0.4, 0.5) is 10.8 Å². The van der Waals surface area contributed by atoms with Gasteiger partial charge in [0.05, 0.1) is 12.8 Å². The standard InChI is InChI=1S/C13H14N4O2S/c1-19-10-5-4-8(6-9(10)14)12-16-17-13(20-12)15-11(18)7-2-3-7/h4-7H,2-3,14H2,1H3,(H,15,17,18). The number of nitrogens with zero attached hydrogens (tertiary/aromatic N) is 2. The summed E-state index contributed by atoms with van der Waals surface area (Å²) < 4.78 is 5.11. The molecule has 0 atom stereocenters. The number of amides is 1. The first-order chi connectivity index (χ1) is 9.67. The van der Waals surface area contributed by atoms with Gasteiger partial charge in [-0.1, -0.05) is 11.3 Å². The maximum Gasteiger partial charge on any atom is 0.229 e. The summed E-state index contributed by atoms with van der Waals surface area (Å²) in [6.45, 7) is 0. The van der Waals surface area contributed by atoms with Crippen LogP contribution in [0, 0.1) is 5.92 Å². The number of ether oxygens (including phenoxy) is 1. The van der Waals surface area contributed by atoms with Gasteiger partial charge in [-0.05, 0) is 31.0 Å². The molecule has 6 nitrogen and oxygen atoms in total.